The summed E-state index contributed by atoms with van der Waals surface area (Å²) < 4.78 is 40.0. The summed E-state index contributed by atoms with van der Waals surface area (Å²) in [5.41, 5.74) is -0.848. The lowest BCUT2D eigenvalue weighted by atomic mass is 10.1. The van der Waals surface area contributed by atoms with Gasteiger partial charge < -0.3 is 0 Å². The van der Waals surface area contributed by atoms with Gasteiger partial charge >= 0.3 is 6.18 Å². The molecular weight excluding hydrogens is 319 g/mol. The molecule has 122 valence electrons. The maximum Gasteiger partial charge on any atom is 0.417 e. The number of rotatable bonds is 2. The average molecular weight is 331 g/mol. The highest BCUT2D eigenvalue weighted by Crippen LogP contribution is 2.31. The second-order valence-electron chi connectivity index (χ2n) is 5.12. The fourth-order valence-corrected chi connectivity index (χ4v) is 2.36. The second-order valence-corrected chi connectivity index (χ2v) is 5.12. The molecule has 0 atom stereocenters. The molecule has 0 aliphatic carbocycles. The molecule has 1 heterocycles. The van der Waals surface area contributed by atoms with E-state index in [4.69, 9.17) is 0 Å². The highest BCUT2D eigenvalue weighted by Gasteiger charge is 2.32. The van der Waals surface area contributed by atoms with Gasteiger partial charge in [0.25, 0.3) is 5.56 Å². The molecule has 0 aliphatic heterocycles. The van der Waals surface area contributed by atoms with Crippen molar-refractivity contribution in [2.45, 2.75) is 13.1 Å². The summed E-state index contributed by atoms with van der Waals surface area (Å²) in [5, 5.41) is 4.27. The Morgan fingerprint density at radius 1 is 1.08 bits per heavy atom. The Morgan fingerprint density at radius 3 is 2.50 bits per heavy atom. The third-order valence-corrected chi connectivity index (χ3v) is 3.49. The fourth-order valence-electron chi connectivity index (χ4n) is 2.36. The Bertz CT molecular complexity index is 990. The standard InChI is InChI=1S/C17H12F3N3O/c1-11-22-15-9-5-3-7-13(15)16(24)23(11)21-10-12-6-2-4-8-14(12)17(18,19)20/h2-10H,1H3. The first kappa shape index (κ1) is 15.9. The van der Waals surface area contributed by atoms with E-state index in [0.717, 1.165) is 17.0 Å². The summed E-state index contributed by atoms with van der Waals surface area (Å²) in [6.45, 7) is 1.57. The van der Waals surface area contributed by atoms with Gasteiger partial charge in [0, 0.05) is 5.56 Å². The van der Waals surface area contributed by atoms with Gasteiger partial charge in [0.05, 0.1) is 22.7 Å². The molecule has 0 aliphatic rings. The van der Waals surface area contributed by atoms with E-state index in [-0.39, 0.29) is 5.56 Å². The van der Waals surface area contributed by atoms with Crippen molar-refractivity contribution in [1.29, 1.82) is 0 Å². The molecule has 0 unspecified atom stereocenters. The Balaban J connectivity index is 2.12. The molecule has 0 amide bonds. The summed E-state index contributed by atoms with van der Waals surface area (Å²) in [5.74, 6) is 0.291. The largest absolute Gasteiger partial charge is 0.417 e. The van der Waals surface area contributed by atoms with E-state index in [2.05, 4.69) is 10.1 Å². The van der Waals surface area contributed by atoms with Crippen LogP contribution in [0.15, 0.2) is 58.4 Å². The summed E-state index contributed by atoms with van der Waals surface area (Å²) in [4.78, 5) is 16.7. The van der Waals surface area contributed by atoms with Gasteiger partial charge in [-0.05, 0) is 25.1 Å². The van der Waals surface area contributed by atoms with Gasteiger partial charge in [0.15, 0.2) is 0 Å². The van der Waals surface area contributed by atoms with Crippen LogP contribution in [0, 0.1) is 6.92 Å². The van der Waals surface area contributed by atoms with Crippen LogP contribution >= 0.6 is 0 Å². The predicted octanol–water partition coefficient (Wildman–Crippen LogP) is 3.61. The van der Waals surface area contributed by atoms with Crippen molar-refractivity contribution >= 4 is 17.1 Å². The predicted molar refractivity (Wildman–Crippen MR) is 85.2 cm³/mol. The van der Waals surface area contributed by atoms with Crippen molar-refractivity contribution in [3.63, 3.8) is 0 Å². The van der Waals surface area contributed by atoms with E-state index in [9.17, 15) is 18.0 Å². The maximum atomic E-state index is 13.0. The number of nitrogens with zero attached hydrogens (tertiary/aromatic N) is 3. The summed E-state index contributed by atoms with van der Waals surface area (Å²) >= 11 is 0. The molecule has 3 aromatic rings. The fraction of sp³-hybridized carbons (Fsp3) is 0.118. The third-order valence-electron chi connectivity index (χ3n) is 3.49. The summed E-state index contributed by atoms with van der Waals surface area (Å²) in [6.07, 6.45) is -3.47. The van der Waals surface area contributed by atoms with E-state index >= 15 is 0 Å². The van der Waals surface area contributed by atoms with Gasteiger partial charge in [-0.25, -0.2) is 4.98 Å². The zero-order chi connectivity index (χ0) is 17.3. The lowest BCUT2D eigenvalue weighted by molar-refractivity contribution is -0.137. The quantitative estimate of drug-likeness (QED) is 0.674. The van der Waals surface area contributed by atoms with Crippen LogP contribution in [0.25, 0.3) is 10.9 Å². The van der Waals surface area contributed by atoms with E-state index < -0.39 is 17.3 Å². The monoisotopic (exact) mass is 331 g/mol. The van der Waals surface area contributed by atoms with Crippen LogP contribution in [0.3, 0.4) is 0 Å². The summed E-state index contributed by atoms with van der Waals surface area (Å²) in [6, 6.07) is 11.8. The number of fused-ring (bicyclic) bond motifs is 1. The van der Waals surface area contributed by atoms with Crippen LogP contribution in [0.5, 0.6) is 0 Å². The normalized spacial score (nSPS) is 12.2. The van der Waals surface area contributed by atoms with Crippen LogP contribution < -0.4 is 5.56 Å². The van der Waals surface area contributed by atoms with Crippen molar-refractivity contribution in [2.24, 2.45) is 5.10 Å². The van der Waals surface area contributed by atoms with Crippen molar-refractivity contribution in [1.82, 2.24) is 9.66 Å². The minimum atomic E-state index is -4.50. The molecule has 0 spiro atoms. The molecule has 24 heavy (non-hydrogen) atoms. The topological polar surface area (TPSA) is 47.2 Å². The van der Waals surface area contributed by atoms with Crippen LogP contribution in [0.2, 0.25) is 0 Å². The van der Waals surface area contributed by atoms with Crippen LogP contribution in [0.1, 0.15) is 17.0 Å². The second kappa shape index (κ2) is 5.92. The van der Waals surface area contributed by atoms with Crippen LogP contribution in [-0.4, -0.2) is 15.9 Å². The van der Waals surface area contributed by atoms with Crippen molar-refractivity contribution in [3.05, 3.63) is 75.8 Å². The average Bonchev–Trinajstić information content (AvgIpc) is 2.54. The van der Waals surface area contributed by atoms with Crippen LogP contribution in [0.4, 0.5) is 13.2 Å². The first-order valence-electron chi connectivity index (χ1n) is 7.07. The Morgan fingerprint density at radius 2 is 1.75 bits per heavy atom. The minimum Gasteiger partial charge on any atom is -0.267 e. The van der Waals surface area contributed by atoms with Crippen LogP contribution in [-0.2, 0) is 6.18 Å². The molecule has 0 N–H and O–H groups in total. The van der Waals surface area contributed by atoms with E-state index in [1.807, 2.05) is 0 Å². The summed E-state index contributed by atoms with van der Waals surface area (Å²) in [7, 11) is 0. The van der Waals surface area contributed by atoms with E-state index in [1.54, 1.807) is 31.2 Å². The van der Waals surface area contributed by atoms with Gasteiger partial charge in [0.1, 0.15) is 5.82 Å². The minimum absolute atomic E-state index is 0.121. The van der Waals surface area contributed by atoms with E-state index in [0.29, 0.717) is 16.7 Å². The SMILES string of the molecule is Cc1nc2ccccc2c(=O)n1N=Cc1ccccc1C(F)(F)F. The van der Waals surface area contributed by atoms with Gasteiger partial charge in [-0.15, -0.1) is 0 Å². The molecule has 2 aromatic carbocycles. The van der Waals surface area contributed by atoms with Crippen molar-refractivity contribution < 1.29 is 13.2 Å². The van der Waals surface area contributed by atoms with Crippen molar-refractivity contribution in [3.8, 4) is 0 Å². The number of halogens is 3. The van der Waals surface area contributed by atoms with Crippen molar-refractivity contribution in [2.75, 3.05) is 0 Å². The highest BCUT2D eigenvalue weighted by atomic mass is 19.4. The van der Waals surface area contributed by atoms with Gasteiger partial charge in [-0.1, -0.05) is 30.3 Å². The number of benzene rings is 2. The molecule has 3 rings (SSSR count). The molecule has 0 radical (unpaired) electrons. The molecule has 0 saturated heterocycles. The lowest BCUT2D eigenvalue weighted by Crippen LogP contribution is -2.20. The number of hydrogen-bond donors (Lipinski definition) is 0. The van der Waals surface area contributed by atoms with Gasteiger partial charge in [-0.3, -0.25) is 4.79 Å². The maximum absolute atomic E-state index is 13.0. The van der Waals surface area contributed by atoms with Gasteiger partial charge in [0.2, 0.25) is 0 Å². The first-order valence-corrected chi connectivity index (χ1v) is 7.07. The smallest absolute Gasteiger partial charge is 0.267 e. The number of aromatic nitrogens is 2. The van der Waals surface area contributed by atoms with E-state index in [1.165, 1.54) is 18.2 Å². The molecule has 4 nitrogen and oxygen atoms in total. The third kappa shape index (κ3) is 2.92. The highest BCUT2D eigenvalue weighted by molar-refractivity contribution is 5.82. The molecule has 0 saturated carbocycles. The number of hydrogen-bond acceptors (Lipinski definition) is 3. The number of para-hydroxylation sites is 1. The Kier molecular flexibility index (Phi) is 3.92. The molecule has 0 bridgehead atoms. The molecular formula is C17H12F3N3O. The zero-order valence-electron chi connectivity index (χ0n) is 12.6. The number of aryl methyl sites for hydroxylation is 1. The lowest BCUT2D eigenvalue weighted by Gasteiger charge is -2.10. The Hall–Kier alpha value is -2.96. The Labute approximate surface area is 134 Å². The molecule has 0 fully saturated rings. The number of alkyl halides is 3. The molecule has 7 heteroatoms. The first-order chi connectivity index (χ1) is 11.4. The molecule has 1 aromatic heterocycles. The zero-order valence-corrected chi connectivity index (χ0v) is 12.6. The van der Waals surface area contributed by atoms with Gasteiger partial charge in [-0.2, -0.15) is 22.9 Å².